The fraction of sp³-hybridized carbons (Fsp3) is 0.538. The quantitative estimate of drug-likeness (QED) is 0.848. The van der Waals surface area contributed by atoms with Crippen LogP contribution in [0, 0.1) is 11.7 Å². The van der Waals surface area contributed by atoms with E-state index in [2.05, 4.69) is 5.32 Å². The average molecular weight is 239 g/mol. The number of hydrogen-bond donors (Lipinski definition) is 2. The Morgan fingerprint density at radius 2 is 2.12 bits per heavy atom. The van der Waals surface area contributed by atoms with Gasteiger partial charge >= 0.3 is 0 Å². The van der Waals surface area contributed by atoms with Crippen molar-refractivity contribution in [2.75, 3.05) is 20.2 Å². The van der Waals surface area contributed by atoms with Crippen molar-refractivity contribution in [3.05, 3.63) is 23.5 Å². The van der Waals surface area contributed by atoms with Crippen molar-refractivity contribution >= 4 is 0 Å². The third kappa shape index (κ3) is 2.69. The molecule has 1 saturated heterocycles. The highest BCUT2D eigenvalue weighted by molar-refractivity contribution is 5.41. The third-order valence-electron chi connectivity index (χ3n) is 3.35. The van der Waals surface area contributed by atoms with Crippen LogP contribution in [0.5, 0.6) is 11.5 Å². The Balaban J connectivity index is 2.20. The number of rotatable bonds is 3. The minimum atomic E-state index is -0.539. The largest absolute Gasteiger partial charge is 0.505 e. The molecule has 0 atom stereocenters. The molecular weight excluding hydrogens is 221 g/mol. The maximum absolute atomic E-state index is 13.9. The average Bonchev–Trinajstić information content (AvgIpc) is 2.37. The number of methoxy groups -OCH3 is 1. The zero-order chi connectivity index (χ0) is 12.3. The topological polar surface area (TPSA) is 41.5 Å². The summed E-state index contributed by atoms with van der Waals surface area (Å²) in [5.74, 6) is 0.151. The van der Waals surface area contributed by atoms with Gasteiger partial charge in [0.25, 0.3) is 0 Å². The molecule has 0 radical (unpaired) electrons. The molecule has 0 spiro atoms. The van der Waals surface area contributed by atoms with Crippen LogP contribution >= 0.6 is 0 Å². The first-order valence-corrected chi connectivity index (χ1v) is 5.97. The highest BCUT2D eigenvalue weighted by atomic mass is 19.1. The third-order valence-corrected chi connectivity index (χ3v) is 3.35. The summed E-state index contributed by atoms with van der Waals surface area (Å²) in [7, 11) is 1.53. The van der Waals surface area contributed by atoms with Crippen molar-refractivity contribution in [3.8, 4) is 11.5 Å². The van der Waals surface area contributed by atoms with Gasteiger partial charge in [-0.1, -0.05) is 0 Å². The number of aromatic hydroxyl groups is 1. The van der Waals surface area contributed by atoms with Gasteiger partial charge in [-0.05, 0) is 50.4 Å². The first-order valence-electron chi connectivity index (χ1n) is 5.97. The van der Waals surface area contributed by atoms with Gasteiger partial charge in [-0.2, -0.15) is 0 Å². The number of hydrogen-bond acceptors (Lipinski definition) is 3. The Labute approximate surface area is 101 Å². The van der Waals surface area contributed by atoms with E-state index in [-0.39, 0.29) is 5.75 Å². The summed E-state index contributed by atoms with van der Waals surface area (Å²) in [6.45, 7) is 1.96. The summed E-state index contributed by atoms with van der Waals surface area (Å²) in [6, 6.07) is 2.95. The molecule has 2 rings (SSSR count). The molecule has 0 bridgehead atoms. The van der Waals surface area contributed by atoms with Gasteiger partial charge in [0, 0.05) is 5.56 Å². The summed E-state index contributed by atoms with van der Waals surface area (Å²) in [5, 5.41) is 12.7. The van der Waals surface area contributed by atoms with Gasteiger partial charge in [-0.3, -0.25) is 0 Å². The van der Waals surface area contributed by atoms with Crippen LogP contribution in [0.1, 0.15) is 18.4 Å². The van der Waals surface area contributed by atoms with Gasteiger partial charge in [0.05, 0.1) is 7.11 Å². The summed E-state index contributed by atoms with van der Waals surface area (Å²) in [5.41, 5.74) is 0.499. The lowest BCUT2D eigenvalue weighted by Gasteiger charge is -2.23. The molecule has 4 heteroatoms. The van der Waals surface area contributed by atoms with Crippen LogP contribution in [0.2, 0.25) is 0 Å². The highest BCUT2D eigenvalue weighted by Crippen LogP contribution is 2.31. The molecule has 0 amide bonds. The highest BCUT2D eigenvalue weighted by Gasteiger charge is 2.20. The zero-order valence-electron chi connectivity index (χ0n) is 10.0. The molecular formula is C13H18FNO2. The van der Waals surface area contributed by atoms with E-state index in [0.29, 0.717) is 23.7 Å². The van der Waals surface area contributed by atoms with Crippen LogP contribution in [0.4, 0.5) is 4.39 Å². The van der Waals surface area contributed by atoms with E-state index >= 15 is 0 Å². The number of halogens is 1. The predicted molar refractivity (Wildman–Crippen MR) is 63.9 cm³/mol. The van der Waals surface area contributed by atoms with E-state index in [1.807, 2.05) is 0 Å². The lowest BCUT2D eigenvalue weighted by atomic mass is 9.90. The van der Waals surface area contributed by atoms with E-state index in [4.69, 9.17) is 4.74 Å². The molecule has 2 N–H and O–H groups in total. The second-order valence-corrected chi connectivity index (χ2v) is 4.48. The number of benzene rings is 1. The zero-order valence-corrected chi connectivity index (χ0v) is 10.0. The van der Waals surface area contributed by atoms with Gasteiger partial charge in [0.15, 0.2) is 11.6 Å². The Bertz CT molecular complexity index is 389. The summed E-state index contributed by atoms with van der Waals surface area (Å²) in [4.78, 5) is 0. The molecule has 1 heterocycles. The van der Waals surface area contributed by atoms with Crippen molar-refractivity contribution in [3.63, 3.8) is 0 Å². The number of phenols is 1. The van der Waals surface area contributed by atoms with Crippen LogP contribution in [-0.4, -0.2) is 25.3 Å². The van der Waals surface area contributed by atoms with Crippen molar-refractivity contribution in [1.82, 2.24) is 5.32 Å². The molecule has 1 aliphatic rings. The molecule has 1 fully saturated rings. The van der Waals surface area contributed by atoms with Crippen LogP contribution in [0.3, 0.4) is 0 Å². The lowest BCUT2D eigenvalue weighted by molar-refractivity contribution is 0.349. The van der Waals surface area contributed by atoms with Gasteiger partial charge in [0.2, 0.25) is 0 Å². The van der Waals surface area contributed by atoms with E-state index in [1.54, 1.807) is 6.07 Å². The van der Waals surface area contributed by atoms with E-state index in [0.717, 1.165) is 25.9 Å². The normalized spacial score (nSPS) is 17.1. The van der Waals surface area contributed by atoms with Crippen LogP contribution in [0.15, 0.2) is 12.1 Å². The predicted octanol–water partition coefficient (Wildman–Crippen LogP) is 2.08. The molecule has 0 saturated carbocycles. The van der Waals surface area contributed by atoms with Gasteiger partial charge < -0.3 is 15.2 Å². The van der Waals surface area contributed by atoms with Crippen molar-refractivity contribution in [1.29, 1.82) is 0 Å². The first kappa shape index (κ1) is 12.2. The van der Waals surface area contributed by atoms with Crippen LogP contribution in [-0.2, 0) is 6.42 Å². The second-order valence-electron chi connectivity index (χ2n) is 4.48. The van der Waals surface area contributed by atoms with Crippen molar-refractivity contribution in [2.24, 2.45) is 5.92 Å². The van der Waals surface area contributed by atoms with Crippen LogP contribution < -0.4 is 10.1 Å². The Kier molecular flexibility index (Phi) is 3.84. The Morgan fingerprint density at radius 1 is 1.41 bits per heavy atom. The standard InChI is InChI=1S/C13H18FNO2/c1-17-12-3-2-11(16)13(14)10(12)8-9-4-6-15-7-5-9/h2-3,9,15-16H,4-8H2,1H3. The fourth-order valence-corrected chi connectivity index (χ4v) is 2.35. The molecule has 3 nitrogen and oxygen atoms in total. The molecule has 1 aliphatic heterocycles. The van der Waals surface area contributed by atoms with Gasteiger partial charge in [0.1, 0.15) is 5.75 Å². The molecule has 17 heavy (non-hydrogen) atoms. The SMILES string of the molecule is COc1ccc(O)c(F)c1CC1CCNCC1. The number of phenolic OH excluding ortho intramolecular Hbond substituents is 1. The van der Waals surface area contributed by atoms with Crippen molar-refractivity contribution < 1.29 is 14.2 Å². The number of ether oxygens (including phenoxy) is 1. The van der Waals surface area contributed by atoms with Gasteiger partial charge in [-0.15, -0.1) is 0 Å². The van der Waals surface area contributed by atoms with Gasteiger partial charge in [-0.25, -0.2) is 4.39 Å². The Hall–Kier alpha value is -1.29. The number of nitrogens with one attached hydrogen (secondary N) is 1. The molecule has 1 aromatic carbocycles. The maximum Gasteiger partial charge on any atom is 0.171 e. The summed E-state index contributed by atoms with van der Waals surface area (Å²) >= 11 is 0. The molecule has 1 aromatic rings. The second kappa shape index (κ2) is 5.36. The van der Waals surface area contributed by atoms with E-state index in [1.165, 1.54) is 13.2 Å². The van der Waals surface area contributed by atoms with E-state index < -0.39 is 5.82 Å². The fourth-order valence-electron chi connectivity index (χ4n) is 2.35. The maximum atomic E-state index is 13.9. The minimum absolute atomic E-state index is 0.297. The lowest BCUT2D eigenvalue weighted by Crippen LogP contribution is -2.28. The number of piperidine rings is 1. The molecule has 94 valence electrons. The summed E-state index contributed by atoms with van der Waals surface area (Å²) < 4.78 is 19.0. The molecule has 0 unspecified atom stereocenters. The Morgan fingerprint density at radius 3 is 2.76 bits per heavy atom. The monoisotopic (exact) mass is 239 g/mol. The smallest absolute Gasteiger partial charge is 0.171 e. The van der Waals surface area contributed by atoms with E-state index in [9.17, 15) is 9.50 Å². The molecule has 0 aromatic heterocycles. The summed E-state index contributed by atoms with van der Waals surface area (Å²) in [6.07, 6.45) is 2.71. The molecule has 0 aliphatic carbocycles. The minimum Gasteiger partial charge on any atom is -0.505 e. The first-order chi connectivity index (χ1) is 8.22. The van der Waals surface area contributed by atoms with Crippen molar-refractivity contribution in [2.45, 2.75) is 19.3 Å². The van der Waals surface area contributed by atoms with Crippen LogP contribution in [0.25, 0.3) is 0 Å².